The predicted octanol–water partition coefficient (Wildman–Crippen LogP) is 5.95. The Morgan fingerprint density at radius 2 is 1.75 bits per heavy atom. The van der Waals surface area contributed by atoms with E-state index in [0.29, 0.717) is 17.7 Å². The van der Waals surface area contributed by atoms with E-state index in [9.17, 15) is 35.9 Å². The van der Waals surface area contributed by atoms with Crippen molar-refractivity contribution in [1.82, 2.24) is 5.01 Å². The molecule has 2 aromatic rings. The highest BCUT2D eigenvalue weighted by Gasteiger charge is 2.38. The van der Waals surface area contributed by atoms with Gasteiger partial charge in [0.25, 0.3) is 0 Å². The first-order chi connectivity index (χ1) is 16.8. The predicted molar refractivity (Wildman–Crippen MR) is 120 cm³/mol. The molecule has 0 bridgehead atoms. The fourth-order valence-corrected chi connectivity index (χ4v) is 4.13. The molecule has 0 saturated carbocycles. The van der Waals surface area contributed by atoms with E-state index < -0.39 is 34.7 Å². The van der Waals surface area contributed by atoms with Gasteiger partial charge in [0.1, 0.15) is 0 Å². The molecule has 3 rings (SSSR count). The number of hydrogen-bond acceptors (Lipinski definition) is 6. The van der Waals surface area contributed by atoms with E-state index in [1.165, 1.54) is 43.5 Å². The Hall–Kier alpha value is -3.42. The molecule has 2 amide bonds. The van der Waals surface area contributed by atoms with Crippen LogP contribution in [0.15, 0.2) is 47.6 Å². The highest BCUT2D eigenvalue weighted by atomic mass is 32.2. The summed E-state index contributed by atoms with van der Waals surface area (Å²) in [6.07, 6.45) is -9.53. The maximum absolute atomic E-state index is 12.8. The summed E-state index contributed by atoms with van der Waals surface area (Å²) < 4.78 is 84.7. The van der Waals surface area contributed by atoms with Crippen LogP contribution >= 0.6 is 11.8 Å². The summed E-state index contributed by atoms with van der Waals surface area (Å²) in [6.45, 7) is 1.72. The van der Waals surface area contributed by atoms with Gasteiger partial charge in [0.2, 0.25) is 0 Å². The molecule has 0 saturated heterocycles. The first kappa shape index (κ1) is 27.2. The molecule has 0 spiro atoms. The van der Waals surface area contributed by atoms with Crippen molar-refractivity contribution in [3.63, 3.8) is 0 Å². The smallest absolute Gasteiger partial charge is 0.493 e. The van der Waals surface area contributed by atoms with E-state index in [-0.39, 0.29) is 23.5 Å². The molecule has 0 fully saturated rings. The Bertz CT molecular complexity index is 1150. The average molecular weight is 535 g/mol. The lowest BCUT2D eigenvalue weighted by Crippen LogP contribution is -2.34. The number of rotatable bonds is 7. The molecular weight excluding hydrogens is 516 g/mol. The Morgan fingerprint density at radius 3 is 2.31 bits per heavy atom. The van der Waals surface area contributed by atoms with Crippen LogP contribution in [-0.4, -0.2) is 46.8 Å². The van der Waals surface area contributed by atoms with Crippen molar-refractivity contribution in [2.24, 2.45) is 5.10 Å². The molecule has 194 valence electrons. The van der Waals surface area contributed by atoms with Gasteiger partial charge in [0.15, 0.2) is 11.5 Å². The van der Waals surface area contributed by atoms with E-state index in [1.807, 2.05) is 0 Å². The Kier molecular flexibility index (Phi) is 8.06. The monoisotopic (exact) mass is 535 g/mol. The van der Waals surface area contributed by atoms with Crippen LogP contribution in [0.3, 0.4) is 0 Å². The number of halogens is 6. The second-order valence-corrected chi connectivity index (χ2v) is 8.54. The van der Waals surface area contributed by atoms with Gasteiger partial charge < -0.3 is 14.8 Å². The number of nitrogens with zero attached hydrogens (tertiary/aromatic N) is 2. The van der Waals surface area contributed by atoms with Gasteiger partial charge in [-0.15, -0.1) is 13.2 Å². The number of carbonyl (C=O) groups is 2. The third kappa shape index (κ3) is 6.83. The summed E-state index contributed by atoms with van der Waals surface area (Å²) >= 11 is 0.940. The number of benzene rings is 2. The molecule has 14 heteroatoms. The molecule has 1 unspecified atom stereocenters. The van der Waals surface area contributed by atoms with E-state index in [0.717, 1.165) is 22.8 Å². The zero-order valence-electron chi connectivity index (χ0n) is 18.7. The highest BCUT2D eigenvalue weighted by Crippen LogP contribution is 2.36. The largest absolute Gasteiger partial charge is 0.573 e. The maximum atomic E-state index is 12.8. The van der Waals surface area contributed by atoms with Crippen molar-refractivity contribution in [3.05, 3.63) is 53.6 Å². The molecule has 0 aromatic heterocycles. The maximum Gasteiger partial charge on any atom is 0.573 e. The van der Waals surface area contributed by atoms with Crippen LogP contribution < -0.4 is 14.8 Å². The molecule has 1 aliphatic heterocycles. The third-order valence-electron chi connectivity index (χ3n) is 4.84. The number of anilines is 1. The number of alkyl halides is 6. The fourth-order valence-electron chi connectivity index (χ4n) is 3.20. The van der Waals surface area contributed by atoms with Crippen LogP contribution in [0.2, 0.25) is 0 Å². The lowest BCUT2D eigenvalue weighted by atomic mass is 10.0. The second-order valence-electron chi connectivity index (χ2n) is 7.39. The SMILES string of the molecule is CCC1SC(=O)N(Cc2ccc(NC(=O)C(F)(F)F)cc2)N=C1c1ccc(OC)c(OC(F)(F)F)c1. The number of carbonyl (C=O) groups excluding carboxylic acids is 2. The van der Waals surface area contributed by atoms with Crippen molar-refractivity contribution >= 4 is 34.3 Å². The molecule has 1 N–H and O–H groups in total. The quantitative estimate of drug-likeness (QED) is 0.444. The van der Waals surface area contributed by atoms with Crippen molar-refractivity contribution in [2.45, 2.75) is 37.7 Å². The minimum Gasteiger partial charge on any atom is -0.493 e. The van der Waals surface area contributed by atoms with E-state index in [2.05, 4.69) is 9.84 Å². The molecule has 7 nitrogen and oxygen atoms in total. The van der Waals surface area contributed by atoms with Gasteiger partial charge in [-0.2, -0.15) is 18.3 Å². The first-order valence-electron chi connectivity index (χ1n) is 10.3. The molecule has 0 radical (unpaired) electrons. The topological polar surface area (TPSA) is 80.2 Å². The van der Waals surface area contributed by atoms with Crippen LogP contribution in [-0.2, 0) is 11.3 Å². The van der Waals surface area contributed by atoms with E-state index in [4.69, 9.17) is 4.74 Å². The standard InChI is InChI=1S/C22H19F6N3O4S/c1-3-17-18(13-6-9-15(34-2)16(10-13)35-22(26,27)28)30-31(20(33)36-17)11-12-4-7-14(8-5-12)29-19(32)21(23,24)25/h4-10,17H,3,11H2,1-2H3,(H,29,32). The van der Waals surface area contributed by atoms with Gasteiger partial charge in [0.05, 0.1) is 24.6 Å². The second kappa shape index (κ2) is 10.7. The summed E-state index contributed by atoms with van der Waals surface area (Å²) in [6, 6.07) is 9.22. The highest BCUT2D eigenvalue weighted by molar-refractivity contribution is 8.14. The van der Waals surface area contributed by atoms with Crippen molar-refractivity contribution in [1.29, 1.82) is 0 Å². The summed E-state index contributed by atoms with van der Waals surface area (Å²) in [5, 5.41) is 6.32. The lowest BCUT2D eigenvalue weighted by Gasteiger charge is -2.28. The molecule has 1 atom stereocenters. The molecule has 0 aliphatic carbocycles. The van der Waals surface area contributed by atoms with Crippen LogP contribution in [0.1, 0.15) is 24.5 Å². The van der Waals surface area contributed by atoms with Crippen LogP contribution in [0.5, 0.6) is 11.5 Å². The number of thioether (sulfide) groups is 1. The number of hydrazone groups is 1. The zero-order chi connectivity index (χ0) is 26.7. The van der Waals surface area contributed by atoms with Crippen molar-refractivity contribution in [3.8, 4) is 11.5 Å². The van der Waals surface area contributed by atoms with Gasteiger partial charge >= 0.3 is 23.7 Å². The average Bonchev–Trinajstić information content (AvgIpc) is 2.79. The number of ether oxygens (including phenoxy) is 2. The Morgan fingerprint density at radius 1 is 1.08 bits per heavy atom. The minimum atomic E-state index is -5.04. The van der Waals surface area contributed by atoms with Gasteiger partial charge in [-0.3, -0.25) is 9.59 Å². The normalized spacial score (nSPS) is 16.4. The van der Waals surface area contributed by atoms with Crippen LogP contribution in [0, 0.1) is 0 Å². The first-order valence-corrected chi connectivity index (χ1v) is 11.2. The number of methoxy groups -OCH3 is 1. The van der Waals surface area contributed by atoms with Gasteiger partial charge in [-0.05, 0) is 42.3 Å². The van der Waals surface area contributed by atoms with Gasteiger partial charge in [-0.1, -0.05) is 30.8 Å². The molecule has 1 aliphatic rings. The number of nitrogens with one attached hydrogen (secondary N) is 1. The number of amides is 2. The summed E-state index contributed by atoms with van der Waals surface area (Å²) in [5.74, 6) is -2.82. The molecular formula is C22H19F6N3O4S. The van der Waals surface area contributed by atoms with Crippen LogP contribution in [0.25, 0.3) is 0 Å². The zero-order valence-corrected chi connectivity index (χ0v) is 19.6. The van der Waals surface area contributed by atoms with Crippen molar-refractivity contribution < 1.29 is 45.4 Å². The minimum absolute atomic E-state index is 0.0681. The summed E-state index contributed by atoms with van der Waals surface area (Å²) in [7, 11) is 1.20. The number of hydrogen-bond donors (Lipinski definition) is 1. The molecule has 36 heavy (non-hydrogen) atoms. The summed E-state index contributed by atoms with van der Waals surface area (Å²) in [5.41, 5.74) is 1.02. The van der Waals surface area contributed by atoms with Crippen molar-refractivity contribution in [2.75, 3.05) is 12.4 Å². The van der Waals surface area contributed by atoms with E-state index >= 15 is 0 Å². The Balaban J connectivity index is 1.86. The lowest BCUT2D eigenvalue weighted by molar-refractivity contribution is -0.275. The summed E-state index contributed by atoms with van der Waals surface area (Å²) in [4.78, 5) is 23.7. The Labute approximate surface area is 205 Å². The van der Waals surface area contributed by atoms with E-state index in [1.54, 1.807) is 12.2 Å². The fraction of sp³-hybridized carbons (Fsp3) is 0.318. The van der Waals surface area contributed by atoms with Gasteiger partial charge in [0, 0.05) is 11.3 Å². The van der Waals surface area contributed by atoms with Crippen LogP contribution in [0.4, 0.5) is 36.8 Å². The molecule has 2 aromatic carbocycles. The molecule has 1 heterocycles. The third-order valence-corrected chi connectivity index (χ3v) is 6.10. The van der Waals surface area contributed by atoms with Gasteiger partial charge in [-0.25, -0.2) is 5.01 Å².